The van der Waals surface area contributed by atoms with Gasteiger partial charge in [0.1, 0.15) is 11.9 Å². The first kappa shape index (κ1) is 19.4. The molecule has 0 bridgehead atoms. The Kier molecular flexibility index (Phi) is 7.27. The highest BCUT2D eigenvalue weighted by atomic mass is 16.5. The fourth-order valence-corrected chi connectivity index (χ4v) is 3.42. The van der Waals surface area contributed by atoms with E-state index in [1.165, 1.54) is 12.0 Å². The van der Waals surface area contributed by atoms with Gasteiger partial charge in [-0.2, -0.15) is 5.10 Å². The van der Waals surface area contributed by atoms with Crippen molar-refractivity contribution in [3.05, 3.63) is 47.8 Å². The Balaban J connectivity index is 1.49. The van der Waals surface area contributed by atoms with Crippen molar-refractivity contribution in [1.29, 1.82) is 0 Å². The third-order valence-electron chi connectivity index (χ3n) is 4.95. The van der Waals surface area contributed by atoms with Crippen molar-refractivity contribution in [3.8, 4) is 5.75 Å². The van der Waals surface area contributed by atoms with Crippen LogP contribution in [0.5, 0.6) is 5.75 Å². The predicted octanol–water partition coefficient (Wildman–Crippen LogP) is 2.91. The number of fused-ring (bicyclic) bond motifs is 1. The van der Waals surface area contributed by atoms with E-state index in [0.29, 0.717) is 13.0 Å². The van der Waals surface area contributed by atoms with Gasteiger partial charge in [-0.1, -0.05) is 31.5 Å². The minimum absolute atomic E-state index is 0.0991. The van der Waals surface area contributed by atoms with Crippen LogP contribution in [0.1, 0.15) is 43.7 Å². The Morgan fingerprint density at radius 3 is 3.11 bits per heavy atom. The van der Waals surface area contributed by atoms with E-state index in [0.717, 1.165) is 50.2 Å². The van der Waals surface area contributed by atoms with Gasteiger partial charge in [-0.3, -0.25) is 14.8 Å². The first-order valence-corrected chi connectivity index (χ1v) is 9.96. The average Bonchev–Trinajstić information content (AvgIpc) is 3.12. The molecule has 6 heteroatoms. The van der Waals surface area contributed by atoms with Crippen LogP contribution in [0.3, 0.4) is 0 Å². The maximum atomic E-state index is 12.2. The molecule has 2 aromatic rings. The molecule has 0 spiro atoms. The molecule has 1 aliphatic rings. The maximum Gasteiger partial charge on any atom is 0.221 e. The normalized spacial score (nSPS) is 17.0. The van der Waals surface area contributed by atoms with Gasteiger partial charge >= 0.3 is 0 Å². The van der Waals surface area contributed by atoms with Crippen molar-refractivity contribution in [3.63, 3.8) is 0 Å². The van der Waals surface area contributed by atoms with E-state index in [1.807, 2.05) is 12.3 Å². The summed E-state index contributed by atoms with van der Waals surface area (Å²) in [5.41, 5.74) is 2.31. The molecule has 6 nitrogen and oxygen atoms in total. The largest absolute Gasteiger partial charge is 0.489 e. The third-order valence-corrected chi connectivity index (χ3v) is 4.95. The summed E-state index contributed by atoms with van der Waals surface area (Å²) in [6.45, 7) is 5.30. The molecule has 0 unspecified atom stereocenters. The molecular weight excluding hydrogens is 340 g/mol. The van der Waals surface area contributed by atoms with Gasteiger partial charge in [0, 0.05) is 44.4 Å². The molecular formula is C21H30N4O2. The van der Waals surface area contributed by atoms with Crippen molar-refractivity contribution < 1.29 is 9.53 Å². The summed E-state index contributed by atoms with van der Waals surface area (Å²) in [7, 11) is 0. The number of aromatic amines is 1. The molecule has 146 valence electrons. The number of unbranched alkanes of at least 4 members (excludes halogenated alkanes) is 1. The minimum atomic E-state index is 0.0991. The van der Waals surface area contributed by atoms with Gasteiger partial charge in [-0.15, -0.1) is 0 Å². The van der Waals surface area contributed by atoms with E-state index in [1.54, 1.807) is 6.20 Å². The van der Waals surface area contributed by atoms with Crippen LogP contribution >= 0.6 is 0 Å². The molecule has 0 fully saturated rings. The van der Waals surface area contributed by atoms with E-state index in [-0.39, 0.29) is 12.0 Å². The summed E-state index contributed by atoms with van der Waals surface area (Å²) < 4.78 is 6.25. The van der Waals surface area contributed by atoms with Gasteiger partial charge in [0.05, 0.1) is 6.20 Å². The van der Waals surface area contributed by atoms with Gasteiger partial charge in [0.2, 0.25) is 5.91 Å². The molecule has 2 heterocycles. The van der Waals surface area contributed by atoms with Gasteiger partial charge in [0.25, 0.3) is 0 Å². The van der Waals surface area contributed by atoms with Crippen molar-refractivity contribution >= 4 is 5.91 Å². The monoisotopic (exact) mass is 370 g/mol. The number of nitrogens with one attached hydrogen (secondary N) is 2. The van der Waals surface area contributed by atoms with Crippen LogP contribution < -0.4 is 10.1 Å². The Morgan fingerprint density at radius 2 is 2.30 bits per heavy atom. The van der Waals surface area contributed by atoms with E-state index in [2.05, 4.69) is 45.5 Å². The Labute approximate surface area is 161 Å². The van der Waals surface area contributed by atoms with E-state index < -0.39 is 0 Å². The van der Waals surface area contributed by atoms with Crippen LogP contribution in [0.25, 0.3) is 0 Å². The first-order chi connectivity index (χ1) is 13.2. The van der Waals surface area contributed by atoms with Gasteiger partial charge in [-0.05, 0) is 30.9 Å². The van der Waals surface area contributed by atoms with E-state index in [4.69, 9.17) is 4.74 Å². The average molecular weight is 370 g/mol. The van der Waals surface area contributed by atoms with Crippen LogP contribution in [0.15, 0.2) is 36.7 Å². The third kappa shape index (κ3) is 6.10. The molecule has 27 heavy (non-hydrogen) atoms. The fraction of sp³-hybridized carbons (Fsp3) is 0.524. The van der Waals surface area contributed by atoms with Gasteiger partial charge in [0.15, 0.2) is 0 Å². The maximum absolute atomic E-state index is 12.2. The van der Waals surface area contributed by atoms with Crippen molar-refractivity contribution in [2.24, 2.45) is 0 Å². The standard InChI is InChI=1S/C21H30N4O2/c1-2-3-7-19-16-25(15-18-6-4-5-8-20(18)27-19)12-10-21(26)22-11-9-17-13-23-24-14-17/h4-6,8,13-14,19H,2-3,7,9-12,15-16H2,1H3,(H,22,26)(H,23,24)/t19-/m0/s1. The summed E-state index contributed by atoms with van der Waals surface area (Å²) in [6, 6.07) is 8.25. The molecule has 1 atom stereocenters. The number of hydrogen-bond acceptors (Lipinski definition) is 4. The van der Waals surface area contributed by atoms with Crippen LogP contribution in [0.4, 0.5) is 0 Å². The molecule has 0 aliphatic carbocycles. The first-order valence-electron chi connectivity index (χ1n) is 9.96. The molecule has 0 radical (unpaired) electrons. The Bertz CT molecular complexity index is 702. The van der Waals surface area contributed by atoms with Crippen molar-refractivity contribution in [2.45, 2.75) is 51.7 Å². The summed E-state index contributed by atoms with van der Waals surface area (Å²) in [5, 5.41) is 9.71. The minimum Gasteiger partial charge on any atom is -0.489 e. The zero-order valence-corrected chi connectivity index (χ0v) is 16.1. The van der Waals surface area contributed by atoms with Crippen LogP contribution in [0, 0.1) is 0 Å². The lowest BCUT2D eigenvalue weighted by Gasteiger charge is -2.23. The number of carbonyl (C=O) groups is 1. The van der Waals surface area contributed by atoms with Crippen LogP contribution in [0.2, 0.25) is 0 Å². The quantitative estimate of drug-likeness (QED) is 0.712. The molecule has 1 aliphatic heterocycles. The molecule has 0 saturated carbocycles. The SMILES string of the molecule is CCCC[C@H]1CN(CCC(=O)NCCc2cn[nH]c2)Cc2ccccc2O1. The van der Waals surface area contributed by atoms with Crippen molar-refractivity contribution in [1.82, 2.24) is 20.4 Å². The number of aromatic nitrogens is 2. The van der Waals surface area contributed by atoms with Crippen molar-refractivity contribution in [2.75, 3.05) is 19.6 Å². The number of H-pyrrole nitrogens is 1. The number of rotatable bonds is 9. The summed E-state index contributed by atoms with van der Waals surface area (Å²) >= 11 is 0. The summed E-state index contributed by atoms with van der Waals surface area (Å²) in [5.74, 6) is 1.09. The predicted molar refractivity (Wildman–Crippen MR) is 106 cm³/mol. The lowest BCUT2D eigenvalue weighted by atomic mass is 10.1. The molecule has 1 aromatic heterocycles. The highest BCUT2D eigenvalue weighted by molar-refractivity contribution is 5.76. The second kappa shape index (κ2) is 10.1. The fourth-order valence-electron chi connectivity index (χ4n) is 3.42. The zero-order chi connectivity index (χ0) is 18.9. The summed E-state index contributed by atoms with van der Waals surface area (Å²) in [6.07, 6.45) is 8.53. The number of para-hydroxylation sites is 1. The number of hydrogen-bond donors (Lipinski definition) is 2. The highest BCUT2D eigenvalue weighted by Gasteiger charge is 2.22. The molecule has 1 amide bonds. The second-order valence-electron chi connectivity index (χ2n) is 7.18. The Hall–Kier alpha value is -2.34. The number of ether oxygens (including phenoxy) is 1. The smallest absolute Gasteiger partial charge is 0.221 e. The lowest BCUT2D eigenvalue weighted by molar-refractivity contribution is -0.121. The summed E-state index contributed by atoms with van der Waals surface area (Å²) in [4.78, 5) is 14.6. The lowest BCUT2D eigenvalue weighted by Crippen LogP contribution is -2.36. The number of benzene rings is 1. The van der Waals surface area contributed by atoms with Gasteiger partial charge < -0.3 is 10.1 Å². The number of amides is 1. The van der Waals surface area contributed by atoms with Crippen LogP contribution in [-0.2, 0) is 17.8 Å². The number of carbonyl (C=O) groups excluding carboxylic acids is 1. The van der Waals surface area contributed by atoms with E-state index >= 15 is 0 Å². The number of nitrogens with zero attached hydrogens (tertiary/aromatic N) is 2. The topological polar surface area (TPSA) is 70.2 Å². The molecule has 2 N–H and O–H groups in total. The highest BCUT2D eigenvalue weighted by Crippen LogP contribution is 2.26. The second-order valence-corrected chi connectivity index (χ2v) is 7.18. The zero-order valence-electron chi connectivity index (χ0n) is 16.1. The molecule has 0 saturated heterocycles. The molecule has 3 rings (SSSR count). The van der Waals surface area contributed by atoms with E-state index in [9.17, 15) is 4.79 Å². The Morgan fingerprint density at radius 1 is 1.41 bits per heavy atom. The molecule has 1 aromatic carbocycles. The van der Waals surface area contributed by atoms with Gasteiger partial charge in [-0.25, -0.2) is 0 Å². The van der Waals surface area contributed by atoms with Crippen LogP contribution in [-0.4, -0.2) is 46.7 Å².